The van der Waals surface area contributed by atoms with Crippen molar-refractivity contribution in [2.24, 2.45) is 0 Å². The summed E-state index contributed by atoms with van der Waals surface area (Å²) >= 11 is 0. The molecule has 0 atom stereocenters. The van der Waals surface area contributed by atoms with Crippen LogP contribution in [0.15, 0.2) is 16.9 Å². The van der Waals surface area contributed by atoms with E-state index in [2.05, 4.69) is 25.3 Å². The molecular formula is C13H16N6O2. The maximum absolute atomic E-state index is 12.0. The highest BCUT2D eigenvalue weighted by Crippen LogP contribution is 2.00. The maximum atomic E-state index is 12.0. The summed E-state index contributed by atoms with van der Waals surface area (Å²) < 4.78 is 0. The van der Waals surface area contributed by atoms with Crippen LogP contribution in [0.1, 0.15) is 27.8 Å². The second-order valence-electron chi connectivity index (χ2n) is 4.56. The molecule has 0 unspecified atom stereocenters. The molecule has 0 aliphatic heterocycles. The lowest BCUT2D eigenvalue weighted by molar-refractivity contribution is 0.0948. The molecule has 4 N–H and O–H groups in total. The number of H-pyrrole nitrogens is 1. The number of nitrogen functional groups attached to an aromatic ring is 1. The van der Waals surface area contributed by atoms with E-state index in [1.54, 1.807) is 19.9 Å². The van der Waals surface area contributed by atoms with Gasteiger partial charge in [0.15, 0.2) is 0 Å². The van der Waals surface area contributed by atoms with E-state index in [1.807, 2.05) is 0 Å². The van der Waals surface area contributed by atoms with Crippen LogP contribution >= 0.6 is 0 Å². The van der Waals surface area contributed by atoms with Crippen LogP contribution in [-0.4, -0.2) is 32.4 Å². The minimum Gasteiger partial charge on any atom is -0.383 e. The van der Waals surface area contributed by atoms with Crippen LogP contribution in [-0.2, 0) is 6.42 Å². The first-order valence-electron chi connectivity index (χ1n) is 6.40. The van der Waals surface area contributed by atoms with Gasteiger partial charge in [0.2, 0.25) is 0 Å². The molecule has 2 aromatic heterocycles. The number of nitrogens with zero attached hydrogens (tertiary/aromatic N) is 3. The maximum Gasteiger partial charge on any atom is 0.270 e. The van der Waals surface area contributed by atoms with Crippen molar-refractivity contribution in [3.8, 4) is 0 Å². The van der Waals surface area contributed by atoms with E-state index in [1.165, 1.54) is 6.07 Å². The Labute approximate surface area is 120 Å². The molecule has 0 bridgehead atoms. The van der Waals surface area contributed by atoms with Crippen molar-refractivity contribution in [2.45, 2.75) is 20.3 Å². The number of rotatable bonds is 4. The van der Waals surface area contributed by atoms with Gasteiger partial charge in [-0.2, -0.15) is 0 Å². The van der Waals surface area contributed by atoms with Crippen molar-refractivity contribution in [3.63, 3.8) is 0 Å². The van der Waals surface area contributed by atoms with E-state index in [9.17, 15) is 9.59 Å². The Morgan fingerprint density at radius 3 is 2.71 bits per heavy atom. The van der Waals surface area contributed by atoms with Gasteiger partial charge in [-0.25, -0.2) is 15.0 Å². The first kappa shape index (κ1) is 14.6. The van der Waals surface area contributed by atoms with E-state index in [0.29, 0.717) is 30.3 Å². The van der Waals surface area contributed by atoms with Gasteiger partial charge in [0.25, 0.3) is 11.5 Å². The van der Waals surface area contributed by atoms with Crippen LogP contribution < -0.4 is 16.6 Å². The van der Waals surface area contributed by atoms with Gasteiger partial charge < -0.3 is 16.0 Å². The van der Waals surface area contributed by atoms with Crippen molar-refractivity contribution in [1.82, 2.24) is 25.3 Å². The number of aromatic nitrogens is 4. The second kappa shape index (κ2) is 6.12. The fraction of sp³-hybridized carbons (Fsp3) is 0.308. The number of hydrogen-bond acceptors (Lipinski definition) is 6. The molecule has 8 heteroatoms. The zero-order chi connectivity index (χ0) is 15.4. The third-order valence-electron chi connectivity index (χ3n) is 2.66. The molecule has 2 aromatic rings. The second-order valence-corrected chi connectivity index (χ2v) is 4.56. The third-order valence-corrected chi connectivity index (χ3v) is 2.66. The molecule has 110 valence electrons. The molecule has 8 nitrogen and oxygen atoms in total. The molecule has 0 saturated heterocycles. The van der Waals surface area contributed by atoms with Gasteiger partial charge in [-0.1, -0.05) is 0 Å². The SMILES string of the molecule is Cc1cc(C(=O)NCCc2nc(N)cc(=O)[nH]2)nc(C)n1. The summed E-state index contributed by atoms with van der Waals surface area (Å²) in [6.07, 6.45) is 0.370. The van der Waals surface area contributed by atoms with E-state index in [0.717, 1.165) is 5.69 Å². The van der Waals surface area contributed by atoms with E-state index in [4.69, 9.17) is 5.73 Å². The molecule has 0 radical (unpaired) electrons. The first-order valence-corrected chi connectivity index (χ1v) is 6.40. The van der Waals surface area contributed by atoms with Crippen molar-refractivity contribution < 1.29 is 4.79 Å². The zero-order valence-corrected chi connectivity index (χ0v) is 11.8. The first-order chi connectivity index (χ1) is 9.94. The molecule has 21 heavy (non-hydrogen) atoms. The Morgan fingerprint density at radius 1 is 1.29 bits per heavy atom. The smallest absolute Gasteiger partial charge is 0.270 e. The fourth-order valence-corrected chi connectivity index (χ4v) is 1.87. The standard InChI is InChI=1S/C13H16N6O2/c1-7-5-9(17-8(2)16-7)13(21)15-4-3-11-18-10(14)6-12(20)19-11/h5-6H,3-4H2,1-2H3,(H,15,21)(H3,14,18,19,20). The Hall–Kier alpha value is -2.77. The lowest BCUT2D eigenvalue weighted by Crippen LogP contribution is -2.28. The molecule has 0 saturated carbocycles. The molecule has 1 amide bonds. The molecule has 2 rings (SSSR count). The molecular weight excluding hydrogens is 272 g/mol. The third kappa shape index (κ3) is 4.10. The van der Waals surface area contributed by atoms with Crippen molar-refractivity contribution in [2.75, 3.05) is 12.3 Å². The molecule has 0 aliphatic carbocycles. The fourth-order valence-electron chi connectivity index (χ4n) is 1.87. The Morgan fingerprint density at radius 2 is 2.05 bits per heavy atom. The number of aromatic amines is 1. The number of nitrogens with two attached hydrogens (primary N) is 1. The summed E-state index contributed by atoms with van der Waals surface area (Å²) in [5.41, 5.74) is 6.21. The number of hydrogen-bond donors (Lipinski definition) is 3. The number of carbonyl (C=O) groups excluding carboxylic acids is 1. The summed E-state index contributed by atoms with van der Waals surface area (Å²) in [6.45, 7) is 3.84. The average molecular weight is 288 g/mol. The highest BCUT2D eigenvalue weighted by atomic mass is 16.2. The lowest BCUT2D eigenvalue weighted by Gasteiger charge is -2.06. The largest absolute Gasteiger partial charge is 0.383 e. The van der Waals surface area contributed by atoms with E-state index < -0.39 is 0 Å². The topological polar surface area (TPSA) is 127 Å². The summed E-state index contributed by atoms with van der Waals surface area (Å²) in [5, 5.41) is 2.71. The van der Waals surface area contributed by atoms with Crippen molar-refractivity contribution in [1.29, 1.82) is 0 Å². The van der Waals surface area contributed by atoms with Crippen molar-refractivity contribution >= 4 is 11.7 Å². The number of carbonyl (C=O) groups is 1. The molecule has 2 heterocycles. The van der Waals surface area contributed by atoms with Gasteiger partial charge in [0, 0.05) is 24.7 Å². The Kier molecular flexibility index (Phi) is 4.27. The highest BCUT2D eigenvalue weighted by Gasteiger charge is 2.09. The van der Waals surface area contributed by atoms with Crippen LogP contribution in [0.4, 0.5) is 5.82 Å². The predicted octanol–water partition coefficient (Wildman–Crippen LogP) is -0.269. The van der Waals surface area contributed by atoms with Crippen LogP contribution in [0.3, 0.4) is 0 Å². The minimum atomic E-state index is -0.314. The lowest BCUT2D eigenvalue weighted by atomic mass is 10.3. The van der Waals surface area contributed by atoms with Gasteiger partial charge in [0.05, 0.1) is 0 Å². The van der Waals surface area contributed by atoms with Gasteiger partial charge in [-0.3, -0.25) is 9.59 Å². The molecule has 0 aromatic carbocycles. The number of amides is 1. The van der Waals surface area contributed by atoms with Crippen LogP contribution in [0.2, 0.25) is 0 Å². The van der Waals surface area contributed by atoms with Gasteiger partial charge in [0.1, 0.15) is 23.2 Å². The van der Waals surface area contributed by atoms with Gasteiger partial charge >= 0.3 is 0 Å². The average Bonchev–Trinajstić information content (AvgIpc) is 2.36. The zero-order valence-electron chi connectivity index (χ0n) is 11.8. The quantitative estimate of drug-likeness (QED) is 0.711. The van der Waals surface area contributed by atoms with Gasteiger partial charge in [-0.15, -0.1) is 0 Å². The van der Waals surface area contributed by atoms with Crippen molar-refractivity contribution in [3.05, 3.63) is 45.5 Å². The van der Waals surface area contributed by atoms with Crippen LogP contribution in [0.25, 0.3) is 0 Å². The van der Waals surface area contributed by atoms with Crippen LogP contribution in [0.5, 0.6) is 0 Å². The Bertz CT molecular complexity index is 705. The van der Waals surface area contributed by atoms with E-state index >= 15 is 0 Å². The predicted molar refractivity (Wildman–Crippen MR) is 76.8 cm³/mol. The number of nitrogens with one attached hydrogen (secondary N) is 2. The number of anilines is 1. The molecule has 0 fully saturated rings. The highest BCUT2D eigenvalue weighted by molar-refractivity contribution is 5.92. The van der Waals surface area contributed by atoms with Crippen LogP contribution in [0, 0.1) is 13.8 Å². The van der Waals surface area contributed by atoms with E-state index in [-0.39, 0.29) is 17.3 Å². The monoisotopic (exact) mass is 288 g/mol. The number of aryl methyl sites for hydroxylation is 2. The summed E-state index contributed by atoms with van der Waals surface area (Å²) in [7, 11) is 0. The minimum absolute atomic E-state index is 0.155. The Balaban J connectivity index is 1.96. The summed E-state index contributed by atoms with van der Waals surface area (Å²) in [5.74, 6) is 0.828. The summed E-state index contributed by atoms with van der Waals surface area (Å²) in [4.78, 5) is 37.9. The normalized spacial score (nSPS) is 10.4. The molecule has 0 aliphatic rings. The van der Waals surface area contributed by atoms with Gasteiger partial charge in [-0.05, 0) is 19.9 Å². The molecule has 0 spiro atoms. The summed E-state index contributed by atoms with van der Waals surface area (Å²) in [6, 6.07) is 2.82.